The summed E-state index contributed by atoms with van der Waals surface area (Å²) in [7, 11) is 1.76. The van der Waals surface area contributed by atoms with Crippen LogP contribution < -0.4 is 10.9 Å². The van der Waals surface area contributed by atoms with Crippen LogP contribution in [0.15, 0.2) is 34.2 Å². The number of pyridine rings is 1. The minimum atomic E-state index is -0.110. The number of aliphatic imine (C=N–C) groups is 1. The number of guanidine groups is 1. The van der Waals surface area contributed by atoms with Gasteiger partial charge in [-0.3, -0.25) is 14.6 Å². The van der Waals surface area contributed by atoms with Gasteiger partial charge in [0.05, 0.1) is 12.5 Å². The molecule has 1 saturated heterocycles. The van der Waals surface area contributed by atoms with Gasteiger partial charge < -0.3 is 19.5 Å². The molecule has 1 fully saturated rings. The smallest absolute Gasteiger partial charge is 0.310 e. The lowest BCUT2D eigenvalue weighted by Gasteiger charge is -2.34. The number of nitrogens with one attached hydrogen (secondary N) is 1. The number of hydrogen-bond acceptors (Lipinski definition) is 4. The average molecular weight is 490 g/mol. The Hall–Kier alpha value is -1.58. The molecular weight excluding hydrogens is 459 g/mol. The predicted octanol–water partition coefficient (Wildman–Crippen LogP) is 2.10. The van der Waals surface area contributed by atoms with Gasteiger partial charge >= 0.3 is 5.97 Å². The summed E-state index contributed by atoms with van der Waals surface area (Å²) in [6.07, 6.45) is 5.51. The van der Waals surface area contributed by atoms with E-state index in [0.717, 1.165) is 44.7 Å². The van der Waals surface area contributed by atoms with Crippen molar-refractivity contribution in [3.63, 3.8) is 0 Å². The first-order valence-electron chi connectivity index (χ1n) is 9.43. The first-order valence-corrected chi connectivity index (χ1v) is 9.43. The van der Waals surface area contributed by atoms with Crippen molar-refractivity contribution in [2.75, 3.05) is 33.3 Å². The van der Waals surface area contributed by atoms with Gasteiger partial charge in [0.15, 0.2) is 5.96 Å². The second-order valence-electron chi connectivity index (χ2n) is 6.45. The molecule has 0 bridgehead atoms. The van der Waals surface area contributed by atoms with Crippen molar-refractivity contribution in [2.24, 2.45) is 10.9 Å². The lowest BCUT2D eigenvalue weighted by atomic mass is 9.98. The van der Waals surface area contributed by atoms with Gasteiger partial charge in [-0.15, -0.1) is 24.0 Å². The molecule has 0 amide bonds. The molecule has 0 aromatic carbocycles. The Bertz CT molecular complexity index is 662. The second kappa shape index (κ2) is 12.7. The predicted molar refractivity (Wildman–Crippen MR) is 118 cm³/mol. The molecule has 1 N–H and O–H groups in total. The molecular formula is C19H31IN4O3. The van der Waals surface area contributed by atoms with E-state index in [-0.39, 0.29) is 41.4 Å². The van der Waals surface area contributed by atoms with Crippen molar-refractivity contribution in [3.05, 3.63) is 34.7 Å². The van der Waals surface area contributed by atoms with E-state index >= 15 is 0 Å². The third-order valence-electron chi connectivity index (χ3n) is 4.56. The number of ether oxygens (including phenoxy) is 1. The molecule has 7 nitrogen and oxygen atoms in total. The molecule has 2 heterocycles. The highest BCUT2D eigenvalue weighted by molar-refractivity contribution is 14.0. The van der Waals surface area contributed by atoms with Gasteiger partial charge in [-0.1, -0.05) is 6.07 Å². The summed E-state index contributed by atoms with van der Waals surface area (Å²) in [5.41, 5.74) is 0.0367. The summed E-state index contributed by atoms with van der Waals surface area (Å²) in [5.74, 6) is 0.643. The molecule has 1 unspecified atom stereocenters. The highest BCUT2D eigenvalue weighted by Crippen LogP contribution is 2.18. The molecule has 2 rings (SSSR count). The number of carbonyl (C=O) groups is 1. The largest absolute Gasteiger partial charge is 0.466 e. The van der Waals surface area contributed by atoms with Crippen molar-refractivity contribution in [1.29, 1.82) is 0 Å². The number of hydrogen-bond donors (Lipinski definition) is 1. The van der Waals surface area contributed by atoms with Gasteiger partial charge in [0.25, 0.3) is 0 Å². The fourth-order valence-corrected chi connectivity index (χ4v) is 3.21. The number of aromatic nitrogens is 1. The normalized spacial score (nSPS) is 17.2. The van der Waals surface area contributed by atoms with E-state index < -0.39 is 0 Å². The van der Waals surface area contributed by atoms with Crippen molar-refractivity contribution in [1.82, 2.24) is 14.8 Å². The lowest BCUT2D eigenvalue weighted by Crippen LogP contribution is -2.48. The maximum absolute atomic E-state index is 12.0. The van der Waals surface area contributed by atoms with Crippen LogP contribution in [0.25, 0.3) is 0 Å². The molecule has 1 aliphatic heterocycles. The first-order chi connectivity index (χ1) is 12.7. The number of carbonyl (C=O) groups excluding carboxylic acids is 1. The zero-order chi connectivity index (χ0) is 18.8. The quantitative estimate of drug-likeness (QED) is 0.208. The number of aryl methyl sites for hydroxylation is 1. The Kier molecular flexibility index (Phi) is 11.1. The molecule has 0 spiro atoms. The fourth-order valence-electron chi connectivity index (χ4n) is 3.21. The van der Waals surface area contributed by atoms with Gasteiger partial charge in [0.2, 0.25) is 5.56 Å². The summed E-state index contributed by atoms with van der Waals surface area (Å²) in [6.45, 7) is 5.31. The average Bonchev–Trinajstić information content (AvgIpc) is 2.66. The number of piperidine rings is 1. The molecule has 0 radical (unpaired) electrons. The van der Waals surface area contributed by atoms with Gasteiger partial charge in [0.1, 0.15) is 0 Å². The van der Waals surface area contributed by atoms with E-state index in [0.29, 0.717) is 19.7 Å². The van der Waals surface area contributed by atoms with Crippen LogP contribution in [0.3, 0.4) is 0 Å². The van der Waals surface area contributed by atoms with Gasteiger partial charge in [-0.05, 0) is 38.7 Å². The Morgan fingerprint density at radius 2 is 2.19 bits per heavy atom. The molecule has 1 aromatic heterocycles. The van der Waals surface area contributed by atoms with Crippen LogP contribution in [0, 0.1) is 5.92 Å². The first kappa shape index (κ1) is 23.5. The molecule has 0 aliphatic carbocycles. The van der Waals surface area contributed by atoms with E-state index in [9.17, 15) is 9.59 Å². The van der Waals surface area contributed by atoms with Crippen LogP contribution in [0.2, 0.25) is 0 Å². The van der Waals surface area contributed by atoms with Gasteiger partial charge in [-0.25, -0.2) is 0 Å². The Morgan fingerprint density at radius 3 is 2.89 bits per heavy atom. The van der Waals surface area contributed by atoms with Crippen LogP contribution in [0.1, 0.15) is 32.6 Å². The topological polar surface area (TPSA) is 75.9 Å². The lowest BCUT2D eigenvalue weighted by molar-refractivity contribution is -0.149. The second-order valence-corrected chi connectivity index (χ2v) is 6.45. The number of esters is 1. The number of nitrogens with zero attached hydrogens (tertiary/aromatic N) is 3. The molecule has 1 aliphatic rings. The van der Waals surface area contributed by atoms with Gasteiger partial charge in [0, 0.05) is 45.5 Å². The molecule has 152 valence electrons. The molecule has 0 saturated carbocycles. The Labute approximate surface area is 178 Å². The molecule has 27 heavy (non-hydrogen) atoms. The van der Waals surface area contributed by atoms with Crippen molar-refractivity contribution < 1.29 is 9.53 Å². The summed E-state index contributed by atoms with van der Waals surface area (Å²) in [5, 5.41) is 3.37. The summed E-state index contributed by atoms with van der Waals surface area (Å²) < 4.78 is 6.88. The third kappa shape index (κ3) is 7.51. The van der Waals surface area contributed by atoms with E-state index in [1.807, 2.05) is 19.2 Å². The molecule has 1 aromatic rings. The van der Waals surface area contributed by atoms with Crippen molar-refractivity contribution in [2.45, 2.75) is 39.2 Å². The van der Waals surface area contributed by atoms with Crippen molar-refractivity contribution >= 4 is 35.9 Å². The maximum Gasteiger partial charge on any atom is 0.310 e. The van der Waals surface area contributed by atoms with Crippen LogP contribution >= 0.6 is 24.0 Å². The number of likely N-dealkylation sites (tertiary alicyclic amines) is 1. The highest BCUT2D eigenvalue weighted by atomic mass is 127. The third-order valence-corrected chi connectivity index (χ3v) is 4.56. The van der Waals surface area contributed by atoms with E-state index in [1.54, 1.807) is 23.7 Å². The Balaban J connectivity index is 0.00000364. The fraction of sp³-hybridized carbons (Fsp3) is 0.632. The Morgan fingerprint density at radius 1 is 1.37 bits per heavy atom. The highest BCUT2D eigenvalue weighted by Gasteiger charge is 2.28. The number of halogens is 1. The standard InChI is InChI=1S/C19H30N4O3.HI/c1-3-26-18(25)16-9-8-14-23(15-16)19(20-2)21-11-5-7-13-22-12-6-4-10-17(22)24;/h4,6,10,12,16H,3,5,7-9,11,13-15H2,1-2H3,(H,20,21);1H. The van der Waals surface area contributed by atoms with Gasteiger partial charge in [-0.2, -0.15) is 0 Å². The van der Waals surface area contributed by atoms with Crippen LogP contribution in [0.4, 0.5) is 0 Å². The number of rotatable bonds is 7. The van der Waals surface area contributed by atoms with E-state index in [1.165, 1.54) is 0 Å². The monoisotopic (exact) mass is 490 g/mol. The minimum absolute atomic E-state index is 0. The maximum atomic E-state index is 12.0. The van der Waals surface area contributed by atoms with Crippen LogP contribution in [-0.4, -0.2) is 54.7 Å². The van der Waals surface area contributed by atoms with Crippen LogP contribution in [0.5, 0.6) is 0 Å². The zero-order valence-corrected chi connectivity index (χ0v) is 18.6. The van der Waals surface area contributed by atoms with E-state index in [2.05, 4.69) is 15.2 Å². The van der Waals surface area contributed by atoms with Crippen molar-refractivity contribution in [3.8, 4) is 0 Å². The minimum Gasteiger partial charge on any atom is -0.466 e. The van der Waals surface area contributed by atoms with E-state index in [4.69, 9.17) is 4.74 Å². The summed E-state index contributed by atoms with van der Waals surface area (Å²) in [6, 6.07) is 5.21. The molecule has 1 atom stereocenters. The summed E-state index contributed by atoms with van der Waals surface area (Å²) in [4.78, 5) is 30.1. The zero-order valence-electron chi connectivity index (χ0n) is 16.2. The van der Waals surface area contributed by atoms with Crippen LogP contribution in [-0.2, 0) is 16.1 Å². The summed E-state index contributed by atoms with van der Waals surface area (Å²) >= 11 is 0. The number of unbranched alkanes of at least 4 members (excludes halogenated alkanes) is 1. The SMILES string of the molecule is CCOC(=O)C1CCCN(C(=NC)NCCCCn2ccccc2=O)C1.I. The molecule has 8 heteroatoms.